The van der Waals surface area contributed by atoms with Gasteiger partial charge in [-0.3, -0.25) is 4.79 Å². The SMILES string of the molecule is CCCOCCCN1CCC(=O)C(C)C1. The largest absolute Gasteiger partial charge is 0.381 e. The normalized spacial score (nSPS) is 23.3. The number of nitrogens with zero attached hydrogens (tertiary/aromatic N) is 1. The summed E-state index contributed by atoms with van der Waals surface area (Å²) < 4.78 is 5.43. The Morgan fingerprint density at radius 2 is 2.27 bits per heavy atom. The van der Waals surface area contributed by atoms with Crippen LogP contribution in [0.5, 0.6) is 0 Å². The molecule has 3 nitrogen and oxygen atoms in total. The molecule has 0 aromatic heterocycles. The van der Waals surface area contributed by atoms with Crippen molar-refractivity contribution in [3.8, 4) is 0 Å². The van der Waals surface area contributed by atoms with E-state index in [1.54, 1.807) is 0 Å². The second-order valence-electron chi connectivity index (χ2n) is 4.38. The van der Waals surface area contributed by atoms with Crippen LogP contribution < -0.4 is 0 Å². The lowest BCUT2D eigenvalue weighted by molar-refractivity contribution is -0.125. The Bertz CT molecular complexity index is 194. The van der Waals surface area contributed by atoms with E-state index in [-0.39, 0.29) is 5.92 Å². The van der Waals surface area contributed by atoms with Crippen molar-refractivity contribution >= 4 is 5.78 Å². The van der Waals surface area contributed by atoms with Crippen molar-refractivity contribution in [1.29, 1.82) is 0 Å². The molecule has 1 saturated heterocycles. The van der Waals surface area contributed by atoms with Crippen molar-refractivity contribution < 1.29 is 9.53 Å². The van der Waals surface area contributed by atoms with Gasteiger partial charge in [-0.2, -0.15) is 0 Å². The number of hydrogen-bond donors (Lipinski definition) is 0. The minimum atomic E-state index is 0.232. The third-order valence-electron chi connectivity index (χ3n) is 2.87. The van der Waals surface area contributed by atoms with Crippen LogP contribution in [0.3, 0.4) is 0 Å². The van der Waals surface area contributed by atoms with E-state index >= 15 is 0 Å². The Balaban J connectivity index is 2.04. The van der Waals surface area contributed by atoms with E-state index < -0.39 is 0 Å². The number of ketones is 1. The summed E-state index contributed by atoms with van der Waals surface area (Å²) in [7, 11) is 0. The van der Waals surface area contributed by atoms with Crippen molar-refractivity contribution in [2.45, 2.75) is 33.1 Å². The van der Waals surface area contributed by atoms with Crippen LogP contribution in [0, 0.1) is 5.92 Å². The highest BCUT2D eigenvalue weighted by Gasteiger charge is 2.22. The first-order chi connectivity index (χ1) is 7.24. The number of carbonyl (C=O) groups excluding carboxylic acids is 1. The second kappa shape index (κ2) is 6.96. The standard InChI is InChI=1S/C12H23NO2/c1-3-8-15-9-4-6-13-7-5-12(14)11(2)10-13/h11H,3-10H2,1-2H3. The average Bonchev–Trinajstić information content (AvgIpc) is 2.23. The Hall–Kier alpha value is -0.410. The molecule has 0 spiro atoms. The average molecular weight is 213 g/mol. The highest BCUT2D eigenvalue weighted by molar-refractivity contribution is 5.81. The van der Waals surface area contributed by atoms with Crippen LogP contribution in [0.1, 0.15) is 33.1 Å². The molecule has 1 rings (SSSR count). The van der Waals surface area contributed by atoms with Crippen molar-refractivity contribution in [2.75, 3.05) is 32.8 Å². The maximum absolute atomic E-state index is 11.3. The molecule has 0 saturated carbocycles. The van der Waals surface area contributed by atoms with Gasteiger partial charge in [-0.1, -0.05) is 13.8 Å². The number of hydrogen-bond acceptors (Lipinski definition) is 3. The first-order valence-electron chi connectivity index (χ1n) is 6.07. The third kappa shape index (κ3) is 4.76. The molecule has 0 N–H and O–H groups in total. The lowest BCUT2D eigenvalue weighted by Crippen LogP contribution is -2.40. The fraction of sp³-hybridized carbons (Fsp3) is 0.917. The van der Waals surface area contributed by atoms with Crippen LogP contribution in [-0.2, 0) is 9.53 Å². The van der Waals surface area contributed by atoms with E-state index in [1.165, 1.54) is 0 Å². The maximum Gasteiger partial charge on any atom is 0.138 e. The van der Waals surface area contributed by atoms with Gasteiger partial charge in [-0.25, -0.2) is 0 Å². The van der Waals surface area contributed by atoms with E-state index in [0.717, 1.165) is 52.1 Å². The van der Waals surface area contributed by atoms with Crippen LogP contribution >= 0.6 is 0 Å². The van der Waals surface area contributed by atoms with Crippen molar-refractivity contribution in [3.63, 3.8) is 0 Å². The first kappa shape index (κ1) is 12.7. The lowest BCUT2D eigenvalue weighted by Gasteiger charge is -2.29. The molecule has 15 heavy (non-hydrogen) atoms. The van der Waals surface area contributed by atoms with Gasteiger partial charge >= 0.3 is 0 Å². The third-order valence-corrected chi connectivity index (χ3v) is 2.87. The molecule has 0 aromatic carbocycles. The van der Waals surface area contributed by atoms with Gasteiger partial charge in [0.2, 0.25) is 0 Å². The smallest absolute Gasteiger partial charge is 0.138 e. The Kier molecular flexibility index (Phi) is 5.88. The van der Waals surface area contributed by atoms with E-state index in [4.69, 9.17) is 4.74 Å². The summed E-state index contributed by atoms with van der Waals surface area (Å²) in [4.78, 5) is 13.7. The molecular weight excluding hydrogens is 190 g/mol. The predicted octanol–water partition coefficient (Wildman–Crippen LogP) is 1.71. The molecule has 1 unspecified atom stereocenters. The van der Waals surface area contributed by atoms with Gasteiger partial charge in [0.1, 0.15) is 5.78 Å². The summed E-state index contributed by atoms with van der Waals surface area (Å²) >= 11 is 0. The monoisotopic (exact) mass is 213 g/mol. The van der Waals surface area contributed by atoms with Crippen LogP contribution in [0.15, 0.2) is 0 Å². The molecule has 1 aliphatic rings. The van der Waals surface area contributed by atoms with Crippen LogP contribution in [0.2, 0.25) is 0 Å². The number of rotatable bonds is 6. The summed E-state index contributed by atoms with van der Waals surface area (Å²) in [6.45, 7) is 8.83. The van der Waals surface area contributed by atoms with E-state index in [0.29, 0.717) is 5.78 Å². The van der Waals surface area contributed by atoms with Crippen LogP contribution in [0.25, 0.3) is 0 Å². The number of carbonyl (C=O) groups is 1. The molecule has 1 fully saturated rings. The minimum Gasteiger partial charge on any atom is -0.381 e. The quantitative estimate of drug-likeness (QED) is 0.629. The molecule has 88 valence electrons. The van der Waals surface area contributed by atoms with Crippen LogP contribution in [0.4, 0.5) is 0 Å². The number of piperidine rings is 1. The molecule has 0 radical (unpaired) electrons. The molecule has 1 aliphatic heterocycles. The van der Waals surface area contributed by atoms with E-state index in [9.17, 15) is 4.79 Å². The number of likely N-dealkylation sites (tertiary alicyclic amines) is 1. The van der Waals surface area contributed by atoms with Gasteiger partial charge in [0, 0.05) is 45.2 Å². The van der Waals surface area contributed by atoms with Crippen molar-refractivity contribution in [3.05, 3.63) is 0 Å². The van der Waals surface area contributed by atoms with E-state index in [1.807, 2.05) is 6.92 Å². The second-order valence-corrected chi connectivity index (χ2v) is 4.38. The zero-order valence-electron chi connectivity index (χ0n) is 10.00. The molecule has 1 atom stereocenters. The minimum absolute atomic E-state index is 0.232. The zero-order valence-corrected chi connectivity index (χ0v) is 10.00. The van der Waals surface area contributed by atoms with Gasteiger partial charge in [0.15, 0.2) is 0 Å². The predicted molar refractivity (Wildman–Crippen MR) is 61.0 cm³/mol. The highest BCUT2D eigenvalue weighted by atomic mass is 16.5. The zero-order chi connectivity index (χ0) is 11.1. The summed E-state index contributed by atoms with van der Waals surface area (Å²) in [5.41, 5.74) is 0. The van der Waals surface area contributed by atoms with Crippen LogP contribution in [-0.4, -0.2) is 43.5 Å². The summed E-state index contributed by atoms with van der Waals surface area (Å²) in [5, 5.41) is 0. The van der Waals surface area contributed by atoms with E-state index in [2.05, 4.69) is 11.8 Å². The van der Waals surface area contributed by atoms with Gasteiger partial charge < -0.3 is 9.64 Å². The molecule has 3 heteroatoms. The molecule has 0 aliphatic carbocycles. The van der Waals surface area contributed by atoms with Gasteiger partial charge in [-0.15, -0.1) is 0 Å². The Morgan fingerprint density at radius 1 is 1.47 bits per heavy atom. The molecular formula is C12H23NO2. The van der Waals surface area contributed by atoms with Crippen molar-refractivity contribution in [1.82, 2.24) is 4.90 Å². The molecule has 0 aromatic rings. The molecule has 0 amide bonds. The first-order valence-corrected chi connectivity index (χ1v) is 6.07. The van der Waals surface area contributed by atoms with Gasteiger partial charge in [-0.05, 0) is 12.8 Å². The fourth-order valence-electron chi connectivity index (χ4n) is 1.93. The number of ether oxygens (including phenoxy) is 1. The maximum atomic E-state index is 11.3. The van der Waals surface area contributed by atoms with Crippen molar-refractivity contribution in [2.24, 2.45) is 5.92 Å². The lowest BCUT2D eigenvalue weighted by atomic mass is 9.98. The van der Waals surface area contributed by atoms with Gasteiger partial charge in [0.05, 0.1) is 0 Å². The summed E-state index contributed by atoms with van der Waals surface area (Å²) in [6, 6.07) is 0. The topological polar surface area (TPSA) is 29.5 Å². The number of Topliss-reactive ketones (excluding diaryl/α,β-unsaturated/α-hetero) is 1. The molecule has 1 heterocycles. The highest BCUT2D eigenvalue weighted by Crippen LogP contribution is 2.12. The Morgan fingerprint density at radius 3 is 2.93 bits per heavy atom. The summed E-state index contributed by atoms with van der Waals surface area (Å²) in [6.07, 6.45) is 2.91. The Labute approximate surface area is 92.8 Å². The van der Waals surface area contributed by atoms with Gasteiger partial charge in [0.25, 0.3) is 0 Å². The summed E-state index contributed by atoms with van der Waals surface area (Å²) in [5.74, 6) is 0.656. The fourth-order valence-corrected chi connectivity index (χ4v) is 1.93. The molecule has 0 bridgehead atoms.